The quantitative estimate of drug-likeness (QED) is 0.199. The van der Waals surface area contributed by atoms with Gasteiger partial charge in [0, 0.05) is 27.6 Å². The second-order valence-corrected chi connectivity index (χ2v) is 8.02. The predicted molar refractivity (Wildman–Crippen MR) is 127 cm³/mol. The molecule has 3 rings (SSSR count). The van der Waals surface area contributed by atoms with Gasteiger partial charge in [-0.15, -0.1) is 11.8 Å². The van der Waals surface area contributed by atoms with Crippen LogP contribution in [0.15, 0.2) is 77.7 Å². The van der Waals surface area contributed by atoms with Crippen LogP contribution in [0.25, 0.3) is 10.8 Å². The van der Waals surface area contributed by atoms with Crippen LogP contribution in [0.2, 0.25) is 0 Å². The molecular weight excluding hydrogens is 426 g/mol. The fourth-order valence-corrected chi connectivity index (χ4v) is 3.83. The first-order valence-corrected chi connectivity index (χ1v) is 11.4. The maximum atomic E-state index is 12.7. The number of carboxylic acids is 1. The third-order valence-corrected chi connectivity index (χ3v) is 5.71. The number of phenolic OH excluding ortho intramolecular Hbond substituents is 1. The minimum Gasteiger partial charge on any atom is -0.507 e. The van der Waals surface area contributed by atoms with Gasteiger partial charge >= 0.3 is 12.1 Å². The molecule has 0 radical (unpaired) electrons. The van der Waals surface area contributed by atoms with Crippen molar-refractivity contribution in [2.75, 3.05) is 11.6 Å². The third kappa shape index (κ3) is 6.28. The van der Waals surface area contributed by atoms with Crippen LogP contribution in [0.3, 0.4) is 0 Å². The molecule has 6 nitrogen and oxygen atoms in total. The van der Waals surface area contributed by atoms with E-state index in [0.29, 0.717) is 30.3 Å². The molecule has 0 aromatic heterocycles. The molecule has 3 aromatic carbocycles. The van der Waals surface area contributed by atoms with E-state index in [1.54, 1.807) is 30.0 Å². The lowest BCUT2D eigenvalue weighted by molar-refractivity contribution is -0.131. The van der Waals surface area contributed by atoms with E-state index in [-0.39, 0.29) is 5.75 Å². The highest BCUT2D eigenvalue weighted by Crippen LogP contribution is 2.34. The van der Waals surface area contributed by atoms with Gasteiger partial charge in [-0.3, -0.25) is 5.32 Å². The number of hydrogen-bond acceptors (Lipinski definition) is 5. The maximum Gasteiger partial charge on any atom is 0.412 e. The zero-order valence-corrected chi connectivity index (χ0v) is 18.5. The monoisotopic (exact) mass is 451 g/mol. The molecule has 166 valence electrons. The Labute approximate surface area is 190 Å². The number of unbranched alkanes of at least 4 members (excludes halogenated alkanes) is 1. The van der Waals surface area contributed by atoms with Crippen molar-refractivity contribution in [1.82, 2.24) is 0 Å². The average Bonchev–Trinajstić information content (AvgIpc) is 2.79. The lowest BCUT2D eigenvalue weighted by Crippen LogP contribution is -2.18. The predicted octanol–water partition coefficient (Wildman–Crippen LogP) is 6.37. The molecule has 1 amide bonds. The summed E-state index contributed by atoms with van der Waals surface area (Å²) in [6, 6.07) is 18.2. The molecule has 0 aliphatic heterocycles. The molecule has 0 bridgehead atoms. The van der Waals surface area contributed by atoms with Crippen molar-refractivity contribution in [2.45, 2.75) is 30.3 Å². The molecule has 0 unspecified atom stereocenters. The van der Waals surface area contributed by atoms with Crippen molar-refractivity contribution in [3.8, 4) is 5.75 Å². The van der Waals surface area contributed by atoms with Crippen LogP contribution in [-0.2, 0) is 9.53 Å². The van der Waals surface area contributed by atoms with Gasteiger partial charge in [0.2, 0.25) is 0 Å². The number of fused-ring (bicyclic) bond motifs is 1. The Kier molecular flexibility index (Phi) is 8.16. The summed E-state index contributed by atoms with van der Waals surface area (Å²) in [6.45, 7) is 0. The van der Waals surface area contributed by atoms with Gasteiger partial charge in [0.15, 0.2) is 0 Å². The highest BCUT2D eigenvalue weighted by Gasteiger charge is 2.20. The maximum absolute atomic E-state index is 12.7. The van der Waals surface area contributed by atoms with Gasteiger partial charge in [0.05, 0.1) is 0 Å². The first-order valence-electron chi connectivity index (χ1n) is 10.2. The molecule has 0 spiro atoms. The molecule has 3 aromatic rings. The molecule has 0 aliphatic carbocycles. The van der Waals surface area contributed by atoms with E-state index < -0.39 is 18.2 Å². The van der Waals surface area contributed by atoms with E-state index >= 15 is 0 Å². The fourth-order valence-electron chi connectivity index (χ4n) is 3.42. The van der Waals surface area contributed by atoms with Crippen LogP contribution in [0.5, 0.6) is 5.75 Å². The first kappa shape index (κ1) is 23.2. The van der Waals surface area contributed by atoms with Gasteiger partial charge in [-0.1, -0.05) is 36.4 Å². The standard InChI is InChI=1S/C25H25NO5S/c1-32-18-13-11-17(12-14-18)26-25(30)31-23(9-3-2-4-10-24(28)29)21-15-16-22(27)20-8-6-5-7-19(20)21/h4-8,10-16,23,27H,2-3,9H2,1H3,(H,26,30)(H,28,29)/b10-4+/t23-/m1/s1. The average molecular weight is 452 g/mol. The zero-order valence-electron chi connectivity index (χ0n) is 17.7. The molecular formula is C25H25NO5S. The highest BCUT2D eigenvalue weighted by atomic mass is 32.2. The summed E-state index contributed by atoms with van der Waals surface area (Å²) in [6.07, 6.45) is 5.19. The third-order valence-electron chi connectivity index (χ3n) is 4.96. The topological polar surface area (TPSA) is 95.9 Å². The van der Waals surface area contributed by atoms with Crippen molar-refractivity contribution < 1.29 is 24.5 Å². The summed E-state index contributed by atoms with van der Waals surface area (Å²) in [7, 11) is 0. The molecule has 0 heterocycles. The second kappa shape index (κ2) is 11.2. The fraction of sp³-hybridized carbons (Fsp3) is 0.200. The van der Waals surface area contributed by atoms with E-state index in [2.05, 4.69) is 5.32 Å². The van der Waals surface area contributed by atoms with Crippen LogP contribution in [0.1, 0.15) is 30.9 Å². The Balaban J connectivity index is 1.79. The first-order chi connectivity index (χ1) is 15.5. The van der Waals surface area contributed by atoms with Crippen LogP contribution < -0.4 is 5.32 Å². The van der Waals surface area contributed by atoms with Crippen molar-refractivity contribution in [3.05, 3.63) is 78.4 Å². The van der Waals surface area contributed by atoms with E-state index in [1.807, 2.05) is 54.8 Å². The molecule has 32 heavy (non-hydrogen) atoms. The number of nitrogens with one attached hydrogen (secondary N) is 1. The number of aromatic hydroxyl groups is 1. The Morgan fingerprint density at radius 3 is 2.47 bits per heavy atom. The Morgan fingerprint density at radius 2 is 1.78 bits per heavy atom. The number of hydrogen-bond donors (Lipinski definition) is 3. The minimum atomic E-state index is -0.991. The van der Waals surface area contributed by atoms with Crippen LogP contribution in [0.4, 0.5) is 10.5 Å². The molecule has 0 saturated heterocycles. The van der Waals surface area contributed by atoms with Crippen LogP contribution in [-0.4, -0.2) is 28.5 Å². The number of allylic oxidation sites excluding steroid dienone is 1. The number of carbonyl (C=O) groups is 2. The normalized spacial score (nSPS) is 12.0. The Morgan fingerprint density at radius 1 is 1.06 bits per heavy atom. The zero-order chi connectivity index (χ0) is 22.9. The SMILES string of the molecule is CSc1ccc(NC(=O)O[C@H](CCC/C=C/C(=O)O)c2ccc(O)c3ccccc23)cc1. The molecule has 7 heteroatoms. The Hall–Kier alpha value is -3.45. The number of phenols is 1. The largest absolute Gasteiger partial charge is 0.507 e. The van der Waals surface area contributed by atoms with E-state index in [4.69, 9.17) is 9.84 Å². The van der Waals surface area contributed by atoms with E-state index in [0.717, 1.165) is 21.9 Å². The summed E-state index contributed by atoms with van der Waals surface area (Å²) in [5.74, 6) is -0.833. The number of anilines is 1. The number of amides is 1. The summed E-state index contributed by atoms with van der Waals surface area (Å²) in [4.78, 5) is 24.4. The summed E-state index contributed by atoms with van der Waals surface area (Å²) in [5.41, 5.74) is 1.42. The van der Waals surface area contributed by atoms with Crippen molar-refractivity contribution in [1.29, 1.82) is 0 Å². The summed E-state index contributed by atoms with van der Waals surface area (Å²) >= 11 is 1.61. The smallest absolute Gasteiger partial charge is 0.412 e. The Bertz CT molecular complexity index is 1110. The van der Waals surface area contributed by atoms with E-state index in [1.165, 1.54) is 0 Å². The number of thioether (sulfide) groups is 1. The number of carbonyl (C=O) groups excluding carboxylic acids is 1. The van der Waals surface area contributed by atoms with Gasteiger partial charge < -0.3 is 14.9 Å². The van der Waals surface area contributed by atoms with Gasteiger partial charge in [-0.2, -0.15) is 0 Å². The lowest BCUT2D eigenvalue weighted by atomic mass is 9.96. The minimum absolute atomic E-state index is 0.158. The van der Waals surface area contributed by atoms with Gasteiger partial charge in [-0.25, -0.2) is 9.59 Å². The van der Waals surface area contributed by atoms with Crippen LogP contribution in [0, 0.1) is 0 Å². The number of benzene rings is 3. The highest BCUT2D eigenvalue weighted by molar-refractivity contribution is 7.98. The number of ether oxygens (including phenoxy) is 1. The van der Waals surface area contributed by atoms with Crippen LogP contribution >= 0.6 is 11.8 Å². The number of aliphatic carboxylic acids is 1. The van der Waals surface area contributed by atoms with Gasteiger partial charge in [0.25, 0.3) is 0 Å². The molecule has 3 N–H and O–H groups in total. The van der Waals surface area contributed by atoms with E-state index in [9.17, 15) is 14.7 Å². The van der Waals surface area contributed by atoms with Gasteiger partial charge in [-0.05, 0) is 61.2 Å². The lowest BCUT2D eigenvalue weighted by Gasteiger charge is -2.20. The number of carboxylic acid groups (broad SMARTS) is 1. The molecule has 0 aliphatic rings. The molecule has 0 fully saturated rings. The van der Waals surface area contributed by atoms with Gasteiger partial charge in [0.1, 0.15) is 11.9 Å². The summed E-state index contributed by atoms with van der Waals surface area (Å²) in [5, 5.41) is 23.2. The van der Waals surface area contributed by atoms with Crippen molar-refractivity contribution >= 4 is 40.3 Å². The van der Waals surface area contributed by atoms with Crippen molar-refractivity contribution in [2.24, 2.45) is 0 Å². The molecule has 0 saturated carbocycles. The summed E-state index contributed by atoms with van der Waals surface area (Å²) < 4.78 is 5.80. The number of rotatable bonds is 9. The molecule has 1 atom stereocenters. The van der Waals surface area contributed by atoms with Crippen molar-refractivity contribution in [3.63, 3.8) is 0 Å². The second-order valence-electron chi connectivity index (χ2n) is 7.14.